The lowest BCUT2D eigenvalue weighted by Gasteiger charge is -2.08. The first-order valence-corrected chi connectivity index (χ1v) is 6.38. The Balaban J connectivity index is 2.25. The standard InChI is InChI=1S/C13H15N5O3/c1-2-5-17-8-10(18(20)21)6-11(17)13(19)16-9-3-4-12(14)15-7-9/h3-4,6-8H,2,5H2,1H3,(H2,14,15)(H,16,19). The first-order chi connectivity index (χ1) is 10.0. The number of nitrogen functional groups attached to an aromatic ring is 1. The predicted molar refractivity (Wildman–Crippen MR) is 78.0 cm³/mol. The van der Waals surface area contributed by atoms with Crippen LogP contribution < -0.4 is 11.1 Å². The monoisotopic (exact) mass is 289 g/mol. The number of anilines is 2. The van der Waals surface area contributed by atoms with Gasteiger partial charge in [0.15, 0.2) is 0 Å². The molecule has 3 N–H and O–H groups in total. The summed E-state index contributed by atoms with van der Waals surface area (Å²) in [6, 6.07) is 4.43. The molecule has 2 aromatic rings. The van der Waals surface area contributed by atoms with Gasteiger partial charge >= 0.3 is 0 Å². The van der Waals surface area contributed by atoms with Crippen LogP contribution in [0.1, 0.15) is 23.8 Å². The number of carbonyl (C=O) groups excluding carboxylic acids is 1. The highest BCUT2D eigenvalue weighted by Gasteiger charge is 2.19. The van der Waals surface area contributed by atoms with E-state index in [2.05, 4.69) is 10.3 Å². The van der Waals surface area contributed by atoms with Crippen molar-refractivity contribution in [2.75, 3.05) is 11.1 Å². The lowest BCUT2D eigenvalue weighted by atomic mass is 10.3. The molecule has 0 aromatic carbocycles. The van der Waals surface area contributed by atoms with Crippen LogP contribution in [0, 0.1) is 10.1 Å². The Morgan fingerprint density at radius 2 is 2.29 bits per heavy atom. The van der Waals surface area contributed by atoms with Crippen LogP contribution in [0.25, 0.3) is 0 Å². The summed E-state index contributed by atoms with van der Waals surface area (Å²) in [7, 11) is 0. The molecule has 8 nitrogen and oxygen atoms in total. The second-order valence-corrected chi connectivity index (χ2v) is 4.46. The Kier molecular flexibility index (Phi) is 4.17. The van der Waals surface area contributed by atoms with Crippen LogP contribution in [-0.2, 0) is 6.54 Å². The molecule has 0 aliphatic carbocycles. The van der Waals surface area contributed by atoms with Gasteiger partial charge in [-0.05, 0) is 18.6 Å². The third-order valence-electron chi connectivity index (χ3n) is 2.83. The molecule has 0 radical (unpaired) electrons. The highest BCUT2D eigenvalue weighted by molar-refractivity contribution is 6.03. The maximum absolute atomic E-state index is 12.2. The van der Waals surface area contributed by atoms with Crippen molar-refractivity contribution in [3.8, 4) is 0 Å². The summed E-state index contributed by atoms with van der Waals surface area (Å²) in [5.41, 5.74) is 6.07. The van der Waals surface area contributed by atoms with E-state index in [-0.39, 0.29) is 11.4 Å². The molecular weight excluding hydrogens is 274 g/mol. The van der Waals surface area contributed by atoms with Crippen LogP contribution in [0.2, 0.25) is 0 Å². The molecule has 2 heterocycles. The molecule has 0 saturated carbocycles. The number of hydrogen-bond acceptors (Lipinski definition) is 5. The summed E-state index contributed by atoms with van der Waals surface area (Å²) in [6.07, 6.45) is 3.55. The number of nitro groups is 1. The summed E-state index contributed by atoms with van der Waals surface area (Å²) >= 11 is 0. The second kappa shape index (κ2) is 6.04. The number of pyridine rings is 1. The molecule has 0 spiro atoms. The molecule has 0 saturated heterocycles. The number of amides is 1. The van der Waals surface area contributed by atoms with E-state index in [1.807, 2.05) is 6.92 Å². The molecule has 2 rings (SSSR count). The number of hydrogen-bond donors (Lipinski definition) is 2. The molecule has 0 atom stereocenters. The summed E-state index contributed by atoms with van der Waals surface area (Å²) in [6.45, 7) is 2.45. The van der Waals surface area contributed by atoms with Gasteiger partial charge in [-0.3, -0.25) is 14.9 Å². The third kappa shape index (κ3) is 3.35. The van der Waals surface area contributed by atoms with E-state index < -0.39 is 10.8 Å². The molecule has 0 aliphatic heterocycles. The average molecular weight is 289 g/mol. The zero-order chi connectivity index (χ0) is 15.4. The number of nitrogens with two attached hydrogens (primary N) is 1. The van der Waals surface area contributed by atoms with Crippen molar-refractivity contribution in [1.29, 1.82) is 0 Å². The minimum Gasteiger partial charge on any atom is -0.384 e. The zero-order valence-electron chi connectivity index (χ0n) is 11.4. The lowest BCUT2D eigenvalue weighted by molar-refractivity contribution is -0.384. The van der Waals surface area contributed by atoms with Crippen molar-refractivity contribution in [3.05, 3.63) is 46.4 Å². The number of nitrogens with one attached hydrogen (secondary N) is 1. The topological polar surface area (TPSA) is 116 Å². The van der Waals surface area contributed by atoms with E-state index in [4.69, 9.17) is 5.73 Å². The SMILES string of the molecule is CCCn1cc([N+](=O)[O-])cc1C(=O)Nc1ccc(N)nc1. The molecule has 2 aromatic heterocycles. The molecule has 8 heteroatoms. The molecule has 0 aliphatic rings. The summed E-state index contributed by atoms with van der Waals surface area (Å²) in [5, 5.41) is 13.5. The molecular formula is C13H15N5O3. The van der Waals surface area contributed by atoms with Gasteiger partial charge in [-0.1, -0.05) is 6.92 Å². The number of aromatic nitrogens is 2. The summed E-state index contributed by atoms with van der Waals surface area (Å²) in [5.74, 6) is -0.0823. The summed E-state index contributed by atoms with van der Waals surface area (Å²) < 4.78 is 1.57. The molecule has 0 bridgehead atoms. The van der Waals surface area contributed by atoms with Crippen LogP contribution in [0.3, 0.4) is 0 Å². The molecule has 110 valence electrons. The van der Waals surface area contributed by atoms with Crippen LogP contribution in [0.4, 0.5) is 17.2 Å². The summed E-state index contributed by atoms with van der Waals surface area (Å²) in [4.78, 5) is 26.4. The van der Waals surface area contributed by atoms with Crippen molar-refractivity contribution in [2.24, 2.45) is 0 Å². The van der Waals surface area contributed by atoms with E-state index in [0.29, 0.717) is 18.1 Å². The lowest BCUT2D eigenvalue weighted by Crippen LogP contribution is -2.16. The van der Waals surface area contributed by atoms with Crippen LogP contribution in [0.5, 0.6) is 0 Å². The number of aryl methyl sites for hydroxylation is 1. The predicted octanol–water partition coefficient (Wildman–Crippen LogP) is 2.04. The van der Waals surface area contributed by atoms with Gasteiger partial charge in [-0.2, -0.15) is 0 Å². The number of carbonyl (C=O) groups is 1. The van der Waals surface area contributed by atoms with Crippen LogP contribution >= 0.6 is 0 Å². The van der Waals surface area contributed by atoms with Gasteiger partial charge in [-0.15, -0.1) is 0 Å². The number of nitrogens with zero attached hydrogens (tertiary/aromatic N) is 3. The molecule has 1 amide bonds. The largest absolute Gasteiger partial charge is 0.384 e. The molecule has 0 fully saturated rings. The quantitative estimate of drug-likeness (QED) is 0.645. The van der Waals surface area contributed by atoms with E-state index in [9.17, 15) is 14.9 Å². The zero-order valence-corrected chi connectivity index (χ0v) is 11.4. The minimum atomic E-state index is -0.520. The highest BCUT2D eigenvalue weighted by Crippen LogP contribution is 2.18. The third-order valence-corrected chi connectivity index (χ3v) is 2.83. The fourth-order valence-electron chi connectivity index (χ4n) is 1.89. The van der Waals surface area contributed by atoms with Crippen LogP contribution in [0.15, 0.2) is 30.6 Å². The van der Waals surface area contributed by atoms with Crippen LogP contribution in [-0.4, -0.2) is 20.4 Å². The fourth-order valence-corrected chi connectivity index (χ4v) is 1.89. The van der Waals surface area contributed by atoms with Gasteiger partial charge < -0.3 is 15.6 Å². The Bertz CT molecular complexity index is 663. The Morgan fingerprint density at radius 1 is 1.52 bits per heavy atom. The Hall–Kier alpha value is -2.90. The minimum absolute atomic E-state index is 0.107. The van der Waals surface area contributed by atoms with Crippen molar-refractivity contribution in [2.45, 2.75) is 19.9 Å². The Labute approximate surface area is 120 Å². The van der Waals surface area contributed by atoms with Gasteiger partial charge in [0.05, 0.1) is 23.0 Å². The van der Waals surface area contributed by atoms with Crippen molar-refractivity contribution in [1.82, 2.24) is 9.55 Å². The van der Waals surface area contributed by atoms with E-state index in [0.717, 1.165) is 6.42 Å². The van der Waals surface area contributed by atoms with Crippen molar-refractivity contribution >= 4 is 23.1 Å². The van der Waals surface area contributed by atoms with Gasteiger partial charge in [0.25, 0.3) is 11.6 Å². The second-order valence-electron chi connectivity index (χ2n) is 4.46. The van der Waals surface area contributed by atoms with Gasteiger partial charge in [0.1, 0.15) is 11.5 Å². The van der Waals surface area contributed by atoms with E-state index in [1.165, 1.54) is 18.5 Å². The fraction of sp³-hybridized carbons (Fsp3) is 0.231. The maximum Gasteiger partial charge on any atom is 0.287 e. The highest BCUT2D eigenvalue weighted by atomic mass is 16.6. The maximum atomic E-state index is 12.2. The van der Waals surface area contributed by atoms with E-state index in [1.54, 1.807) is 16.7 Å². The first kappa shape index (κ1) is 14.5. The van der Waals surface area contributed by atoms with Gasteiger partial charge in [-0.25, -0.2) is 4.98 Å². The smallest absolute Gasteiger partial charge is 0.287 e. The first-order valence-electron chi connectivity index (χ1n) is 6.38. The molecule has 0 unspecified atom stereocenters. The molecule has 21 heavy (non-hydrogen) atoms. The average Bonchev–Trinajstić information content (AvgIpc) is 2.86. The van der Waals surface area contributed by atoms with Gasteiger partial charge in [0, 0.05) is 12.6 Å². The van der Waals surface area contributed by atoms with Crippen molar-refractivity contribution < 1.29 is 9.72 Å². The van der Waals surface area contributed by atoms with Gasteiger partial charge in [0.2, 0.25) is 0 Å². The van der Waals surface area contributed by atoms with E-state index >= 15 is 0 Å². The number of rotatable bonds is 5. The van der Waals surface area contributed by atoms with Crippen molar-refractivity contribution in [3.63, 3.8) is 0 Å². The normalized spacial score (nSPS) is 10.3. The Morgan fingerprint density at radius 3 is 2.86 bits per heavy atom.